The third-order valence-electron chi connectivity index (χ3n) is 2.01. The molecule has 1 aromatic rings. The summed E-state index contributed by atoms with van der Waals surface area (Å²) in [4.78, 5) is 14.8. The average Bonchev–Trinajstić information content (AvgIpc) is 2.35. The predicted octanol–water partition coefficient (Wildman–Crippen LogP) is 1.69. The van der Waals surface area contributed by atoms with Gasteiger partial charge in [0.1, 0.15) is 11.8 Å². The zero-order valence-corrected chi connectivity index (χ0v) is 9.03. The molecule has 0 aromatic carbocycles. The van der Waals surface area contributed by atoms with E-state index in [0.29, 0.717) is 0 Å². The third kappa shape index (κ3) is 2.30. The van der Waals surface area contributed by atoms with Gasteiger partial charge in [0.05, 0.1) is 31.5 Å². The van der Waals surface area contributed by atoms with E-state index in [-0.39, 0.29) is 5.75 Å². The maximum absolute atomic E-state index is 12.8. The van der Waals surface area contributed by atoms with Crippen molar-refractivity contribution < 1.29 is 23.0 Å². The number of aromatic nitrogens is 1. The molecule has 0 aliphatic heterocycles. The molecule has 7 heteroatoms. The quantitative estimate of drug-likeness (QED) is 0.754. The molecular weight excluding hydrogens is 234 g/mol. The van der Waals surface area contributed by atoms with Crippen molar-refractivity contribution >= 4 is 5.97 Å². The first-order chi connectivity index (χ1) is 8.06. The highest BCUT2D eigenvalue weighted by molar-refractivity contribution is 5.90. The fourth-order valence-corrected chi connectivity index (χ4v) is 1.25. The lowest BCUT2D eigenvalue weighted by molar-refractivity contribution is 0.0593. The second-order valence-corrected chi connectivity index (χ2v) is 2.87. The van der Waals surface area contributed by atoms with E-state index in [1.807, 2.05) is 0 Å². The first-order valence-corrected chi connectivity index (χ1v) is 4.40. The van der Waals surface area contributed by atoms with Gasteiger partial charge >= 0.3 is 5.97 Å². The van der Waals surface area contributed by atoms with Crippen LogP contribution in [0.1, 0.15) is 28.0 Å². The van der Waals surface area contributed by atoms with Crippen molar-refractivity contribution in [1.29, 1.82) is 5.26 Å². The van der Waals surface area contributed by atoms with Crippen molar-refractivity contribution in [3.8, 4) is 11.8 Å². The molecule has 90 valence electrons. The van der Waals surface area contributed by atoms with Gasteiger partial charge in [-0.15, -0.1) is 0 Å². The maximum atomic E-state index is 12.8. The monoisotopic (exact) mass is 242 g/mol. The van der Waals surface area contributed by atoms with Gasteiger partial charge in [-0.1, -0.05) is 0 Å². The van der Waals surface area contributed by atoms with Crippen LogP contribution in [0.15, 0.2) is 6.20 Å². The minimum absolute atomic E-state index is 0.246. The van der Waals surface area contributed by atoms with Gasteiger partial charge in [-0.05, 0) is 0 Å². The van der Waals surface area contributed by atoms with Crippen molar-refractivity contribution in [2.45, 2.75) is 6.43 Å². The summed E-state index contributed by atoms with van der Waals surface area (Å²) >= 11 is 0. The number of alkyl halides is 2. The van der Waals surface area contributed by atoms with Gasteiger partial charge in [-0.25, -0.2) is 18.6 Å². The molecule has 0 unspecified atom stereocenters. The zero-order chi connectivity index (χ0) is 13.0. The summed E-state index contributed by atoms with van der Waals surface area (Å²) in [5.74, 6) is -1.20. The number of hydrogen-bond donors (Lipinski definition) is 0. The predicted molar refractivity (Wildman–Crippen MR) is 51.8 cm³/mol. The molecule has 1 rings (SSSR count). The van der Waals surface area contributed by atoms with E-state index in [2.05, 4.69) is 14.5 Å². The van der Waals surface area contributed by atoms with Crippen LogP contribution in [0.5, 0.6) is 5.75 Å². The van der Waals surface area contributed by atoms with Gasteiger partial charge in [0, 0.05) is 0 Å². The largest absolute Gasteiger partial charge is 0.495 e. The van der Waals surface area contributed by atoms with Crippen molar-refractivity contribution in [2.75, 3.05) is 14.2 Å². The highest BCUT2D eigenvalue weighted by Crippen LogP contribution is 2.32. The first kappa shape index (κ1) is 12.8. The number of esters is 1. The molecule has 0 aliphatic rings. The fraction of sp³-hybridized carbons (Fsp3) is 0.300. The lowest BCUT2D eigenvalue weighted by Gasteiger charge is -2.10. The summed E-state index contributed by atoms with van der Waals surface area (Å²) in [6.45, 7) is 0. The molecule has 0 fully saturated rings. The van der Waals surface area contributed by atoms with Gasteiger partial charge in [0.15, 0.2) is 5.69 Å². The molecule has 0 aliphatic carbocycles. The molecule has 1 heterocycles. The number of halogens is 2. The van der Waals surface area contributed by atoms with Crippen LogP contribution < -0.4 is 4.74 Å². The summed E-state index contributed by atoms with van der Waals surface area (Å²) in [6, 6.07) is 1.51. The molecule has 0 N–H and O–H groups in total. The molecule has 1 aromatic heterocycles. The summed E-state index contributed by atoms with van der Waals surface area (Å²) in [5.41, 5.74) is -1.65. The Kier molecular flexibility index (Phi) is 3.93. The van der Waals surface area contributed by atoms with Gasteiger partial charge < -0.3 is 9.47 Å². The van der Waals surface area contributed by atoms with Crippen LogP contribution in [0.2, 0.25) is 0 Å². The SMILES string of the molecule is COC(=O)c1ncc(OC)c(C(F)F)c1C#N. The summed E-state index contributed by atoms with van der Waals surface area (Å²) in [7, 11) is 2.24. The Balaban J connectivity index is 3.53. The van der Waals surface area contributed by atoms with E-state index in [1.54, 1.807) is 0 Å². The molecule has 17 heavy (non-hydrogen) atoms. The highest BCUT2D eigenvalue weighted by Gasteiger charge is 2.26. The standard InChI is InChI=1S/C10H8F2N2O3/c1-16-6-4-14-8(10(15)17-2)5(3-13)7(6)9(11)12/h4,9H,1-2H3. The van der Waals surface area contributed by atoms with Gasteiger partial charge in [-0.3, -0.25) is 0 Å². The number of rotatable bonds is 3. The third-order valence-corrected chi connectivity index (χ3v) is 2.01. The van der Waals surface area contributed by atoms with E-state index >= 15 is 0 Å². The van der Waals surface area contributed by atoms with Gasteiger partial charge in [-0.2, -0.15) is 5.26 Å². The van der Waals surface area contributed by atoms with Crippen LogP contribution in [0, 0.1) is 11.3 Å². The molecule has 5 nitrogen and oxygen atoms in total. The maximum Gasteiger partial charge on any atom is 0.358 e. The number of ether oxygens (including phenoxy) is 2. The Bertz CT molecular complexity index is 483. The second kappa shape index (κ2) is 5.21. The number of carbonyl (C=O) groups is 1. The topological polar surface area (TPSA) is 72.2 Å². The zero-order valence-electron chi connectivity index (χ0n) is 9.03. The fourth-order valence-electron chi connectivity index (χ4n) is 1.25. The highest BCUT2D eigenvalue weighted by atomic mass is 19.3. The van der Waals surface area contributed by atoms with E-state index < -0.39 is 29.2 Å². The minimum atomic E-state index is -2.95. The molecule has 0 atom stereocenters. The molecular formula is C10H8F2N2O3. The van der Waals surface area contributed by atoms with E-state index in [0.717, 1.165) is 13.3 Å². The molecule has 0 saturated carbocycles. The van der Waals surface area contributed by atoms with E-state index in [1.165, 1.54) is 13.2 Å². The average molecular weight is 242 g/mol. The number of nitriles is 1. The molecule has 0 saturated heterocycles. The Morgan fingerprint density at radius 1 is 1.53 bits per heavy atom. The Labute approximate surface area is 95.6 Å². The molecule has 0 radical (unpaired) electrons. The summed E-state index contributed by atoms with van der Waals surface area (Å²) < 4.78 is 34.6. The number of nitrogens with zero attached hydrogens (tertiary/aromatic N) is 2. The first-order valence-electron chi connectivity index (χ1n) is 4.40. The normalized spacial score (nSPS) is 9.88. The number of hydrogen-bond acceptors (Lipinski definition) is 5. The van der Waals surface area contributed by atoms with Crippen molar-refractivity contribution in [2.24, 2.45) is 0 Å². The van der Waals surface area contributed by atoms with Gasteiger partial charge in [0.2, 0.25) is 0 Å². The second-order valence-electron chi connectivity index (χ2n) is 2.87. The van der Waals surface area contributed by atoms with Crippen LogP contribution >= 0.6 is 0 Å². The Hall–Kier alpha value is -2.23. The van der Waals surface area contributed by atoms with Crippen LogP contribution in [0.3, 0.4) is 0 Å². The number of methoxy groups -OCH3 is 2. The smallest absolute Gasteiger partial charge is 0.358 e. The molecule has 0 bridgehead atoms. The van der Waals surface area contributed by atoms with Crippen molar-refractivity contribution in [3.63, 3.8) is 0 Å². The van der Waals surface area contributed by atoms with Crippen molar-refractivity contribution in [1.82, 2.24) is 4.98 Å². The Morgan fingerprint density at radius 2 is 2.18 bits per heavy atom. The van der Waals surface area contributed by atoms with Crippen LogP contribution in [-0.4, -0.2) is 25.2 Å². The number of carbonyl (C=O) groups excluding carboxylic acids is 1. The summed E-state index contributed by atoms with van der Waals surface area (Å²) in [5, 5.41) is 8.83. The lowest BCUT2D eigenvalue weighted by atomic mass is 10.1. The van der Waals surface area contributed by atoms with E-state index in [9.17, 15) is 13.6 Å². The Morgan fingerprint density at radius 3 is 2.59 bits per heavy atom. The number of pyridine rings is 1. The van der Waals surface area contributed by atoms with Crippen LogP contribution in [0.25, 0.3) is 0 Å². The molecule has 0 spiro atoms. The lowest BCUT2D eigenvalue weighted by Crippen LogP contribution is -2.10. The minimum Gasteiger partial charge on any atom is -0.495 e. The summed E-state index contributed by atoms with van der Waals surface area (Å²) in [6.07, 6.45) is -2.00. The van der Waals surface area contributed by atoms with Gasteiger partial charge in [0.25, 0.3) is 6.43 Å². The van der Waals surface area contributed by atoms with Crippen LogP contribution in [0.4, 0.5) is 8.78 Å². The van der Waals surface area contributed by atoms with Crippen molar-refractivity contribution in [3.05, 3.63) is 23.0 Å². The van der Waals surface area contributed by atoms with E-state index in [4.69, 9.17) is 5.26 Å². The van der Waals surface area contributed by atoms with Crippen LogP contribution in [-0.2, 0) is 4.74 Å². The molecule has 0 amide bonds.